The number of hydrogen-bond acceptors (Lipinski definition) is 13. The molecule has 0 bridgehead atoms. The molecule has 1 aromatic carbocycles. The van der Waals surface area contributed by atoms with E-state index in [9.17, 15) is 24.7 Å². The van der Waals surface area contributed by atoms with E-state index in [4.69, 9.17) is 10.2 Å². The van der Waals surface area contributed by atoms with Gasteiger partial charge in [-0.15, -0.1) is 11.8 Å². The lowest BCUT2D eigenvalue weighted by atomic mass is 10.0. The number of amides is 2. The topological polar surface area (TPSA) is 204 Å². The number of β-lactam (4-membered cyclic amide) rings is 1. The lowest BCUT2D eigenvalue weighted by Crippen LogP contribution is -2.71. The molecule has 202 valence electrons. The molecular weight excluding hydrogens is 560 g/mol. The highest BCUT2D eigenvalue weighted by Gasteiger charge is 2.53. The van der Waals surface area contributed by atoms with Crippen molar-refractivity contribution in [2.24, 2.45) is 5.16 Å². The number of carboxylic acids is 1. The van der Waals surface area contributed by atoms with Gasteiger partial charge in [0.05, 0.1) is 23.4 Å². The van der Waals surface area contributed by atoms with Crippen LogP contribution in [0.25, 0.3) is 22.7 Å². The van der Waals surface area contributed by atoms with Gasteiger partial charge in [0, 0.05) is 27.8 Å². The number of fused-ring (bicyclic) bond motifs is 2. The maximum atomic E-state index is 13.1. The predicted molar refractivity (Wildman–Crippen MR) is 139 cm³/mol. The monoisotopic (exact) mass is 578 g/mol. The standard InChI is InChI=1S/C24H18N8O6S2/c25-24-27-17(30-40-24)14(29-37)19(33)26-15-21(34)32-16(23(35)36)12(10-39-22(15)32)9-31-8-4-7-13-18(31)28-20(38-13)11-5-2-1-3-6-11/h1-8,15,22H,9-10H2,(H4-,25,26,27,30,33,35,36,37)/t15?,22-/m0/s1. The molecule has 2 amide bonds. The fraction of sp³-hybridized carbons (Fsp3) is 0.167. The first-order valence-electron chi connectivity index (χ1n) is 11.7. The first kappa shape index (κ1) is 25.4. The molecule has 1 fully saturated rings. The summed E-state index contributed by atoms with van der Waals surface area (Å²) < 4.78 is 11.5. The molecule has 2 atom stereocenters. The number of carbonyl (C=O) groups is 3. The number of aromatic nitrogens is 4. The largest absolute Gasteiger partial charge is 0.543 e. The van der Waals surface area contributed by atoms with Crippen molar-refractivity contribution in [3.8, 4) is 11.5 Å². The molecule has 3 aromatic heterocycles. The molecule has 16 heteroatoms. The molecule has 40 heavy (non-hydrogen) atoms. The number of anilines is 1. The Morgan fingerprint density at radius 2 is 2.05 bits per heavy atom. The highest BCUT2D eigenvalue weighted by atomic mass is 32.2. The lowest BCUT2D eigenvalue weighted by Gasteiger charge is -2.50. The third kappa shape index (κ3) is 4.32. The van der Waals surface area contributed by atoms with E-state index < -0.39 is 34.9 Å². The maximum Gasteiger partial charge on any atom is 0.370 e. The number of nitrogens with two attached hydrogens (primary N) is 1. The first-order chi connectivity index (χ1) is 19.4. The number of benzene rings is 1. The lowest BCUT2D eigenvalue weighted by molar-refractivity contribution is -0.665. The van der Waals surface area contributed by atoms with Gasteiger partial charge in [-0.3, -0.25) is 14.5 Å². The van der Waals surface area contributed by atoms with Crippen LogP contribution in [0.1, 0.15) is 5.82 Å². The smallest absolute Gasteiger partial charge is 0.370 e. The number of thioether (sulfide) groups is 1. The summed E-state index contributed by atoms with van der Waals surface area (Å²) in [5.41, 5.74) is 6.98. The van der Waals surface area contributed by atoms with Crippen molar-refractivity contribution in [2.45, 2.75) is 18.0 Å². The Bertz CT molecular complexity index is 1730. The Balaban J connectivity index is 1.25. The molecular formula is C24H18N8O6S2. The van der Waals surface area contributed by atoms with E-state index in [1.54, 1.807) is 22.9 Å². The molecule has 5 heterocycles. The molecule has 2 aliphatic rings. The van der Waals surface area contributed by atoms with Crippen LogP contribution in [0.15, 0.2) is 69.5 Å². The second kappa shape index (κ2) is 10.0. The molecule has 0 spiro atoms. The van der Waals surface area contributed by atoms with Crippen molar-refractivity contribution >= 4 is 63.2 Å². The van der Waals surface area contributed by atoms with Crippen LogP contribution in [0.2, 0.25) is 0 Å². The van der Waals surface area contributed by atoms with E-state index in [0.717, 1.165) is 22.0 Å². The number of carboxylic acid groups (broad SMARTS) is 1. The second-order valence-corrected chi connectivity index (χ2v) is 10.6. The van der Waals surface area contributed by atoms with E-state index in [-0.39, 0.29) is 29.0 Å². The summed E-state index contributed by atoms with van der Waals surface area (Å²) in [6.07, 6.45) is 1.74. The minimum atomic E-state index is -1.52. The van der Waals surface area contributed by atoms with Crippen LogP contribution in [0.4, 0.5) is 5.13 Å². The average molecular weight is 579 g/mol. The number of nitrogens with zero attached hydrogens (tertiary/aromatic N) is 6. The van der Waals surface area contributed by atoms with Crippen LogP contribution in [-0.4, -0.2) is 65.1 Å². The molecule has 1 saturated heterocycles. The highest BCUT2D eigenvalue weighted by molar-refractivity contribution is 8.00. The molecule has 0 radical (unpaired) electrons. The van der Waals surface area contributed by atoms with Crippen molar-refractivity contribution in [3.63, 3.8) is 0 Å². The summed E-state index contributed by atoms with van der Waals surface area (Å²) in [6, 6.07) is 11.8. The third-order valence-electron chi connectivity index (χ3n) is 6.30. The summed E-state index contributed by atoms with van der Waals surface area (Å²) in [4.78, 5) is 47.5. The molecule has 6 rings (SSSR count). The van der Waals surface area contributed by atoms with Crippen LogP contribution in [0.5, 0.6) is 0 Å². The molecule has 1 unspecified atom stereocenters. The zero-order chi connectivity index (χ0) is 28.0. The van der Waals surface area contributed by atoms with Crippen LogP contribution in [-0.2, 0) is 20.9 Å². The van der Waals surface area contributed by atoms with Crippen molar-refractivity contribution in [3.05, 3.63) is 65.8 Å². The number of oxazole rings is 1. The number of carbonyl (C=O) groups excluding carboxylic acids is 3. The van der Waals surface area contributed by atoms with Crippen LogP contribution < -0.4 is 20.7 Å². The maximum absolute atomic E-state index is 13.1. The van der Waals surface area contributed by atoms with E-state index in [1.165, 1.54) is 11.8 Å². The molecule has 14 nitrogen and oxygen atoms in total. The SMILES string of the molecule is Nc1nc(C(=NO)C(=O)NC2C(=O)N3C(C(=O)[O-])=C(C[n+]4cccc5oc(-c6ccccc6)nc54)CS[C@@H]23)ns1. The van der Waals surface area contributed by atoms with E-state index in [0.29, 0.717) is 22.7 Å². The molecule has 4 aromatic rings. The number of nitrogen functional groups attached to an aromatic ring is 1. The van der Waals surface area contributed by atoms with Crippen LogP contribution in [0.3, 0.4) is 0 Å². The van der Waals surface area contributed by atoms with Gasteiger partial charge in [0.2, 0.25) is 17.1 Å². The third-order valence-corrected chi connectivity index (χ3v) is 8.18. The Kier molecular flexibility index (Phi) is 6.39. The number of rotatable bonds is 7. The molecule has 2 aliphatic heterocycles. The fourth-order valence-corrected chi connectivity index (χ4v) is 6.28. The van der Waals surface area contributed by atoms with Gasteiger partial charge in [0.15, 0.2) is 5.13 Å². The van der Waals surface area contributed by atoms with Gasteiger partial charge in [-0.2, -0.15) is 9.36 Å². The number of nitrogens with one attached hydrogen (secondary N) is 1. The van der Waals surface area contributed by atoms with Gasteiger partial charge in [0.1, 0.15) is 18.0 Å². The highest BCUT2D eigenvalue weighted by Crippen LogP contribution is 2.40. The fourth-order valence-electron chi connectivity index (χ4n) is 4.51. The van der Waals surface area contributed by atoms with Crippen LogP contribution >= 0.6 is 23.3 Å². The van der Waals surface area contributed by atoms with Crippen LogP contribution in [0, 0.1) is 0 Å². The molecule has 0 aliphatic carbocycles. The van der Waals surface area contributed by atoms with Gasteiger partial charge < -0.3 is 30.6 Å². The summed E-state index contributed by atoms with van der Waals surface area (Å²) in [5.74, 6) is -2.62. The summed E-state index contributed by atoms with van der Waals surface area (Å²) >= 11 is 2.08. The Labute approximate surface area is 233 Å². The average Bonchev–Trinajstić information content (AvgIpc) is 3.59. The summed E-state index contributed by atoms with van der Waals surface area (Å²) in [5, 5.41) is 26.3. The number of pyridine rings is 1. The molecule has 0 saturated carbocycles. The number of hydrogen-bond donors (Lipinski definition) is 3. The summed E-state index contributed by atoms with van der Waals surface area (Å²) in [7, 11) is 0. The minimum absolute atomic E-state index is 0.0596. The van der Waals surface area contributed by atoms with Crippen molar-refractivity contribution in [1.29, 1.82) is 0 Å². The Morgan fingerprint density at radius 1 is 1.25 bits per heavy atom. The minimum Gasteiger partial charge on any atom is -0.543 e. The first-order valence-corrected chi connectivity index (χ1v) is 13.5. The zero-order valence-electron chi connectivity index (χ0n) is 20.3. The summed E-state index contributed by atoms with van der Waals surface area (Å²) in [6.45, 7) is 0.111. The van der Waals surface area contributed by atoms with Crippen molar-refractivity contribution in [1.82, 2.24) is 24.6 Å². The molecule has 4 N–H and O–H groups in total. The second-order valence-electron chi connectivity index (χ2n) is 8.71. The van der Waals surface area contributed by atoms with Crippen molar-refractivity contribution in [2.75, 3.05) is 11.5 Å². The van der Waals surface area contributed by atoms with Gasteiger partial charge in [-0.1, -0.05) is 23.4 Å². The Morgan fingerprint density at radius 3 is 2.75 bits per heavy atom. The van der Waals surface area contributed by atoms with E-state index in [1.807, 2.05) is 30.3 Å². The number of oxime groups is 1. The van der Waals surface area contributed by atoms with E-state index in [2.05, 4.69) is 24.8 Å². The van der Waals surface area contributed by atoms with Gasteiger partial charge in [-0.05, 0) is 24.3 Å². The quantitative estimate of drug-likeness (QED) is 0.0838. The van der Waals surface area contributed by atoms with Crippen molar-refractivity contribution < 1.29 is 33.7 Å². The Hall–Kier alpha value is -4.83. The normalized spacial score (nSPS) is 18.9. The van der Waals surface area contributed by atoms with Gasteiger partial charge in [-0.25, -0.2) is 4.57 Å². The van der Waals surface area contributed by atoms with Gasteiger partial charge in [0.25, 0.3) is 11.8 Å². The zero-order valence-corrected chi connectivity index (χ0v) is 21.9. The number of aliphatic carboxylic acids is 1. The predicted octanol–water partition coefficient (Wildman–Crippen LogP) is -0.502. The van der Waals surface area contributed by atoms with Gasteiger partial charge >= 0.3 is 11.5 Å². The van der Waals surface area contributed by atoms with E-state index >= 15 is 0 Å².